The fourth-order valence-corrected chi connectivity index (χ4v) is 3.32. The lowest BCUT2D eigenvalue weighted by atomic mass is 10.1. The molecule has 1 aromatic heterocycles. The number of aryl methyl sites for hydroxylation is 1. The van der Waals surface area contributed by atoms with Crippen LogP contribution in [0, 0.1) is 6.92 Å². The first-order valence-electron chi connectivity index (χ1n) is 9.26. The molecule has 0 spiro atoms. The Labute approximate surface area is 184 Å². The minimum Gasteiger partial charge on any atom is -0.357 e. The fraction of sp³-hybridized carbons (Fsp3) is 0.500. The summed E-state index contributed by atoms with van der Waals surface area (Å²) in [5, 5.41) is 7.79. The molecule has 0 aliphatic rings. The number of nitrogens with zero attached hydrogens (tertiary/aromatic N) is 3. The Morgan fingerprint density at radius 1 is 1.26 bits per heavy atom. The summed E-state index contributed by atoms with van der Waals surface area (Å²) < 4.78 is 0. The van der Waals surface area contributed by atoms with Crippen LogP contribution in [0.5, 0.6) is 0 Å². The van der Waals surface area contributed by atoms with Crippen LogP contribution in [0.25, 0.3) is 0 Å². The van der Waals surface area contributed by atoms with E-state index < -0.39 is 0 Å². The number of aliphatic imine (C=N–C) groups is 1. The molecule has 1 heterocycles. The topological polar surface area (TPSA) is 52.6 Å². The molecule has 0 bridgehead atoms. The Balaban J connectivity index is 0.00000364. The number of benzene rings is 1. The first-order valence-corrected chi connectivity index (χ1v) is 10.1. The molecule has 5 nitrogen and oxygen atoms in total. The average Bonchev–Trinajstić information content (AvgIpc) is 3.05. The van der Waals surface area contributed by atoms with E-state index in [-0.39, 0.29) is 24.0 Å². The highest BCUT2D eigenvalue weighted by molar-refractivity contribution is 14.0. The largest absolute Gasteiger partial charge is 0.357 e. The van der Waals surface area contributed by atoms with E-state index in [2.05, 4.69) is 83.7 Å². The van der Waals surface area contributed by atoms with Gasteiger partial charge in [0.1, 0.15) is 5.01 Å². The van der Waals surface area contributed by atoms with Crippen molar-refractivity contribution in [3.8, 4) is 0 Å². The van der Waals surface area contributed by atoms with Crippen LogP contribution in [-0.4, -0.2) is 42.0 Å². The van der Waals surface area contributed by atoms with Crippen molar-refractivity contribution in [2.75, 3.05) is 20.1 Å². The van der Waals surface area contributed by atoms with E-state index >= 15 is 0 Å². The molecule has 1 unspecified atom stereocenters. The predicted octanol–water partition coefficient (Wildman–Crippen LogP) is 4.04. The van der Waals surface area contributed by atoms with Gasteiger partial charge in [0.25, 0.3) is 0 Å². The van der Waals surface area contributed by atoms with E-state index in [1.54, 1.807) is 11.3 Å². The molecular weight excluding hydrogens is 469 g/mol. The van der Waals surface area contributed by atoms with Gasteiger partial charge in [-0.15, -0.1) is 35.3 Å². The molecular formula is C20H32IN5S. The van der Waals surface area contributed by atoms with Gasteiger partial charge in [-0.05, 0) is 39.8 Å². The Bertz CT molecular complexity index is 674. The molecule has 27 heavy (non-hydrogen) atoms. The summed E-state index contributed by atoms with van der Waals surface area (Å²) in [6, 6.07) is 11.1. The number of halogens is 1. The second-order valence-electron chi connectivity index (χ2n) is 6.53. The normalized spacial score (nSPS) is 12.6. The first kappa shape index (κ1) is 23.8. The molecule has 0 saturated carbocycles. The molecule has 7 heteroatoms. The molecule has 2 N–H and O–H groups in total. The number of guanidine groups is 1. The lowest BCUT2D eigenvalue weighted by molar-refractivity contribution is 0.238. The Kier molecular flexibility index (Phi) is 11.5. The quantitative estimate of drug-likeness (QED) is 0.310. The molecule has 2 aromatic rings. The monoisotopic (exact) mass is 501 g/mol. The van der Waals surface area contributed by atoms with Gasteiger partial charge < -0.3 is 10.6 Å². The number of rotatable bonds is 9. The van der Waals surface area contributed by atoms with Crippen LogP contribution in [0.2, 0.25) is 0 Å². The van der Waals surface area contributed by atoms with Crippen molar-refractivity contribution < 1.29 is 0 Å². The maximum Gasteiger partial charge on any atom is 0.191 e. The zero-order valence-electron chi connectivity index (χ0n) is 16.7. The molecule has 150 valence electrons. The van der Waals surface area contributed by atoms with Crippen molar-refractivity contribution in [3.05, 3.63) is 52.0 Å². The van der Waals surface area contributed by atoms with Gasteiger partial charge >= 0.3 is 0 Å². The van der Waals surface area contributed by atoms with E-state index in [0.29, 0.717) is 12.6 Å². The van der Waals surface area contributed by atoms with E-state index in [1.165, 1.54) is 10.4 Å². The molecule has 0 aliphatic heterocycles. The summed E-state index contributed by atoms with van der Waals surface area (Å²) in [7, 11) is 2.18. The third-order valence-electron chi connectivity index (χ3n) is 4.27. The number of nitrogens with one attached hydrogen (secondary N) is 2. The summed E-state index contributed by atoms with van der Waals surface area (Å²) >= 11 is 1.70. The maximum absolute atomic E-state index is 4.64. The van der Waals surface area contributed by atoms with Gasteiger partial charge in [-0.3, -0.25) is 4.90 Å². The minimum atomic E-state index is 0. The van der Waals surface area contributed by atoms with Gasteiger partial charge in [-0.2, -0.15) is 0 Å². The Morgan fingerprint density at radius 2 is 2.00 bits per heavy atom. The van der Waals surface area contributed by atoms with Crippen molar-refractivity contribution in [1.82, 2.24) is 20.5 Å². The maximum atomic E-state index is 4.64. The second kappa shape index (κ2) is 13.1. The third kappa shape index (κ3) is 9.03. The minimum absolute atomic E-state index is 0. The number of hydrogen-bond donors (Lipinski definition) is 2. The van der Waals surface area contributed by atoms with Gasteiger partial charge in [-0.1, -0.05) is 30.3 Å². The second-order valence-corrected chi connectivity index (χ2v) is 7.84. The zero-order chi connectivity index (χ0) is 18.8. The molecule has 1 aromatic carbocycles. The zero-order valence-corrected chi connectivity index (χ0v) is 19.9. The summed E-state index contributed by atoms with van der Waals surface area (Å²) in [6.07, 6.45) is 2.96. The summed E-state index contributed by atoms with van der Waals surface area (Å²) in [5.41, 5.74) is 1.35. The van der Waals surface area contributed by atoms with Crippen LogP contribution in [0.3, 0.4) is 0 Å². The number of thiazole rings is 1. The number of aromatic nitrogens is 1. The molecule has 0 amide bonds. The van der Waals surface area contributed by atoms with E-state index in [4.69, 9.17) is 0 Å². The lowest BCUT2D eigenvalue weighted by Gasteiger charge is -2.25. The van der Waals surface area contributed by atoms with Gasteiger partial charge in [-0.25, -0.2) is 9.98 Å². The van der Waals surface area contributed by atoms with Crippen molar-refractivity contribution in [1.29, 1.82) is 0 Å². The average molecular weight is 501 g/mol. The Morgan fingerprint density at radius 3 is 2.63 bits per heavy atom. The van der Waals surface area contributed by atoms with Crippen LogP contribution < -0.4 is 10.6 Å². The fourth-order valence-electron chi connectivity index (χ4n) is 2.61. The summed E-state index contributed by atoms with van der Waals surface area (Å²) in [4.78, 5) is 12.6. The van der Waals surface area contributed by atoms with Gasteiger partial charge in [0.15, 0.2) is 5.96 Å². The van der Waals surface area contributed by atoms with E-state index in [0.717, 1.165) is 37.0 Å². The molecule has 1 atom stereocenters. The highest BCUT2D eigenvalue weighted by Crippen LogP contribution is 2.12. The van der Waals surface area contributed by atoms with Gasteiger partial charge in [0, 0.05) is 36.8 Å². The highest BCUT2D eigenvalue weighted by atomic mass is 127. The lowest BCUT2D eigenvalue weighted by Crippen LogP contribution is -2.40. The van der Waals surface area contributed by atoms with E-state index in [1.807, 2.05) is 6.20 Å². The van der Waals surface area contributed by atoms with Crippen LogP contribution in [0.4, 0.5) is 0 Å². The molecule has 2 rings (SSSR count). The Hall–Kier alpha value is -1.19. The molecule has 0 radical (unpaired) electrons. The molecule has 0 aliphatic carbocycles. The highest BCUT2D eigenvalue weighted by Gasteiger charge is 2.10. The summed E-state index contributed by atoms with van der Waals surface area (Å²) in [6.45, 7) is 9.77. The van der Waals surface area contributed by atoms with Crippen LogP contribution in [-0.2, 0) is 13.1 Å². The third-order valence-corrected chi connectivity index (χ3v) is 5.17. The van der Waals surface area contributed by atoms with Crippen LogP contribution in [0.1, 0.15) is 35.7 Å². The van der Waals surface area contributed by atoms with Crippen molar-refractivity contribution in [2.45, 2.75) is 46.3 Å². The first-order chi connectivity index (χ1) is 12.6. The van der Waals surface area contributed by atoms with Crippen molar-refractivity contribution in [3.63, 3.8) is 0 Å². The SMILES string of the molecule is CCNC(=NCc1ncc(C)s1)NCCC(C)N(C)Cc1ccccc1.I. The van der Waals surface area contributed by atoms with Crippen molar-refractivity contribution >= 4 is 41.3 Å². The molecule has 0 saturated heterocycles. The smallest absolute Gasteiger partial charge is 0.191 e. The standard InChI is InChI=1S/C20H31N5S.HI/c1-5-21-20(24-14-19-23-13-17(3)26-19)22-12-11-16(2)25(4)15-18-9-7-6-8-10-18;/h6-10,13,16H,5,11-12,14-15H2,1-4H3,(H2,21,22,24);1H. The number of hydrogen-bond acceptors (Lipinski definition) is 4. The van der Waals surface area contributed by atoms with E-state index in [9.17, 15) is 0 Å². The molecule has 0 fully saturated rings. The van der Waals surface area contributed by atoms with Crippen LogP contribution >= 0.6 is 35.3 Å². The predicted molar refractivity (Wildman–Crippen MR) is 127 cm³/mol. The van der Waals surface area contributed by atoms with Gasteiger partial charge in [0.05, 0.1) is 6.54 Å². The van der Waals surface area contributed by atoms with Crippen LogP contribution in [0.15, 0.2) is 41.5 Å². The summed E-state index contributed by atoms with van der Waals surface area (Å²) in [5.74, 6) is 0.860. The van der Waals surface area contributed by atoms with Gasteiger partial charge in [0.2, 0.25) is 0 Å². The van der Waals surface area contributed by atoms with Crippen molar-refractivity contribution in [2.24, 2.45) is 4.99 Å².